The Bertz CT molecular complexity index is 1790. The number of aromatic nitrogens is 2. The van der Waals surface area contributed by atoms with Crippen molar-refractivity contribution in [3.63, 3.8) is 0 Å². The van der Waals surface area contributed by atoms with Crippen LogP contribution in [0.25, 0.3) is 5.69 Å². The van der Waals surface area contributed by atoms with Gasteiger partial charge in [0.2, 0.25) is 5.60 Å². The summed E-state index contributed by atoms with van der Waals surface area (Å²) in [6, 6.07) is 6.78. The van der Waals surface area contributed by atoms with Gasteiger partial charge in [-0.1, -0.05) is 11.6 Å². The van der Waals surface area contributed by atoms with E-state index in [2.05, 4.69) is 15.6 Å². The zero-order valence-corrected chi connectivity index (χ0v) is 22.2. The highest BCUT2D eigenvalue weighted by Crippen LogP contribution is 2.49. The number of carbonyl (C=O) groups is 2. The van der Waals surface area contributed by atoms with Gasteiger partial charge in [-0.15, -0.1) is 0 Å². The molecule has 0 aliphatic carbocycles. The summed E-state index contributed by atoms with van der Waals surface area (Å²) in [5.41, 5.74) is -3.87. The number of aryl methyl sites for hydroxylation is 1. The van der Waals surface area contributed by atoms with Gasteiger partial charge in [0.15, 0.2) is 0 Å². The minimum Gasteiger partial charge on any atom is -0.375 e. The second-order valence-electron chi connectivity index (χ2n) is 9.91. The van der Waals surface area contributed by atoms with Gasteiger partial charge in [-0.3, -0.25) is 9.69 Å². The third-order valence-electron chi connectivity index (χ3n) is 7.38. The van der Waals surface area contributed by atoms with E-state index in [1.165, 1.54) is 24.4 Å². The van der Waals surface area contributed by atoms with E-state index in [0.29, 0.717) is 22.5 Å². The molecular weight excluding hydrogens is 585 g/mol. The Kier molecular flexibility index (Phi) is 6.28. The van der Waals surface area contributed by atoms with E-state index in [1.807, 2.05) is 0 Å². The SMILES string of the molecule is Cc1nccn1-c1cc(NC(=O)N2C[C@](O)(C(F)(F)F)c3cc(F)ccc32)c2c(c1)C(=O)N[C@@H]2c1cc(F)ccc1Cl. The Morgan fingerprint density at radius 3 is 2.55 bits per heavy atom. The molecule has 3 aromatic carbocycles. The summed E-state index contributed by atoms with van der Waals surface area (Å²) < 4.78 is 71.7. The number of imidazole rings is 1. The number of nitrogens with one attached hydrogen (secondary N) is 2. The van der Waals surface area contributed by atoms with Crippen molar-refractivity contribution >= 4 is 34.9 Å². The van der Waals surface area contributed by atoms with E-state index < -0.39 is 53.5 Å². The smallest absolute Gasteiger partial charge is 0.375 e. The normalized spacial score (nSPS) is 19.5. The molecule has 0 saturated heterocycles. The van der Waals surface area contributed by atoms with Crippen LogP contribution in [0.4, 0.5) is 38.1 Å². The highest BCUT2D eigenvalue weighted by atomic mass is 35.5. The Balaban J connectivity index is 1.48. The number of urea groups is 1. The minimum absolute atomic E-state index is 0.00427. The first-order chi connectivity index (χ1) is 19.8. The van der Waals surface area contributed by atoms with Gasteiger partial charge in [-0.05, 0) is 55.5 Å². The van der Waals surface area contributed by atoms with Gasteiger partial charge in [0, 0.05) is 45.4 Å². The maximum atomic E-state index is 14.2. The number of carbonyl (C=O) groups excluding carboxylic acids is 2. The molecule has 0 saturated carbocycles. The van der Waals surface area contributed by atoms with Gasteiger partial charge in [0.25, 0.3) is 5.91 Å². The number of aliphatic hydroxyl groups is 1. The maximum absolute atomic E-state index is 14.2. The molecule has 0 spiro atoms. The van der Waals surface area contributed by atoms with Gasteiger partial charge >= 0.3 is 12.2 Å². The Morgan fingerprint density at radius 2 is 1.86 bits per heavy atom. The van der Waals surface area contributed by atoms with Crippen LogP contribution < -0.4 is 15.5 Å². The first kappa shape index (κ1) is 27.7. The van der Waals surface area contributed by atoms with Crippen LogP contribution in [0, 0.1) is 18.6 Å². The fourth-order valence-electron chi connectivity index (χ4n) is 5.36. The Hall–Kier alpha value is -4.49. The van der Waals surface area contributed by atoms with Crippen molar-refractivity contribution in [2.45, 2.75) is 24.7 Å². The Labute approximate surface area is 239 Å². The summed E-state index contributed by atoms with van der Waals surface area (Å²) in [6.07, 6.45) is -2.13. The molecule has 3 heterocycles. The lowest BCUT2D eigenvalue weighted by Gasteiger charge is -2.27. The van der Waals surface area contributed by atoms with Crippen LogP contribution in [-0.4, -0.2) is 39.3 Å². The average Bonchev–Trinajstić information content (AvgIpc) is 3.59. The number of amides is 3. The van der Waals surface area contributed by atoms with Crippen molar-refractivity contribution in [2.24, 2.45) is 0 Å². The fourth-order valence-corrected chi connectivity index (χ4v) is 5.59. The van der Waals surface area contributed by atoms with Crippen molar-refractivity contribution < 1.29 is 36.6 Å². The zero-order valence-electron chi connectivity index (χ0n) is 21.4. The number of β-amino-alcohol motifs (C(OH)–C–C–N with tert-alkyl or cyclic N) is 1. The van der Waals surface area contributed by atoms with E-state index >= 15 is 0 Å². The second-order valence-corrected chi connectivity index (χ2v) is 10.3. The topological polar surface area (TPSA) is 99.5 Å². The molecule has 14 heteroatoms. The highest BCUT2D eigenvalue weighted by Gasteiger charge is 2.61. The quantitative estimate of drug-likeness (QED) is 0.260. The van der Waals surface area contributed by atoms with E-state index in [0.717, 1.165) is 24.3 Å². The lowest BCUT2D eigenvalue weighted by Crippen LogP contribution is -2.48. The van der Waals surface area contributed by atoms with Crippen LogP contribution in [0.2, 0.25) is 5.02 Å². The largest absolute Gasteiger partial charge is 0.423 e. The lowest BCUT2D eigenvalue weighted by molar-refractivity contribution is -0.258. The summed E-state index contributed by atoms with van der Waals surface area (Å²) in [6.45, 7) is 0.444. The van der Waals surface area contributed by atoms with Crippen LogP contribution in [0.5, 0.6) is 0 Å². The van der Waals surface area contributed by atoms with Crippen LogP contribution in [0.15, 0.2) is 60.9 Å². The molecule has 0 bridgehead atoms. The third kappa shape index (κ3) is 4.27. The average molecular weight is 604 g/mol. The standard InChI is InChI=1S/C28H19ClF5N5O3/c1-13-35-6-7-38(13)16-10-18-23(24(37-25(18)40)17-8-14(30)2-4-20(17)29)21(11-16)36-26(41)39-12-27(42,28(32,33)34)19-9-15(31)3-5-22(19)39/h2-11,24,42H,12H2,1H3,(H,36,41)(H,37,40)/t24-,27-/m1/s1. The fraction of sp³-hybridized carbons (Fsp3) is 0.179. The number of fused-ring (bicyclic) bond motifs is 2. The summed E-state index contributed by atoms with van der Waals surface area (Å²) in [5, 5.41) is 16.0. The molecule has 2 aliphatic rings. The number of benzene rings is 3. The van der Waals surface area contributed by atoms with Crippen molar-refractivity contribution in [3.05, 3.63) is 106 Å². The van der Waals surface area contributed by atoms with Gasteiger partial charge in [0.1, 0.15) is 17.5 Å². The molecule has 3 amide bonds. The predicted molar refractivity (Wildman–Crippen MR) is 142 cm³/mol. The molecule has 3 N–H and O–H groups in total. The number of halogens is 6. The van der Waals surface area contributed by atoms with Crippen LogP contribution >= 0.6 is 11.6 Å². The summed E-state index contributed by atoms with van der Waals surface area (Å²) in [5.74, 6) is -1.71. The molecule has 1 aromatic heterocycles. The van der Waals surface area contributed by atoms with Gasteiger partial charge in [0.05, 0.1) is 24.0 Å². The van der Waals surface area contributed by atoms with Crippen molar-refractivity contribution in [3.8, 4) is 5.69 Å². The first-order valence-electron chi connectivity index (χ1n) is 12.4. The summed E-state index contributed by atoms with van der Waals surface area (Å²) in [7, 11) is 0. The molecule has 42 heavy (non-hydrogen) atoms. The summed E-state index contributed by atoms with van der Waals surface area (Å²) in [4.78, 5) is 31.6. The first-order valence-corrected chi connectivity index (χ1v) is 12.8. The molecule has 6 rings (SSSR count). The number of hydrogen-bond donors (Lipinski definition) is 3. The Morgan fingerprint density at radius 1 is 1.14 bits per heavy atom. The number of rotatable bonds is 3. The predicted octanol–water partition coefficient (Wildman–Crippen LogP) is 5.75. The maximum Gasteiger partial charge on any atom is 0.423 e. The molecule has 0 fully saturated rings. The van der Waals surface area contributed by atoms with Crippen molar-refractivity contribution in [1.29, 1.82) is 0 Å². The zero-order chi connectivity index (χ0) is 30.1. The molecule has 216 valence electrons. The lowest BCUT2D eigenvalue weighted by atomic mass is 9.95. The number of nitrogens with zero attached hydrogens (tertiary/aromatic N) is 3. The summed E-state index contributed by atoms with van der Waals surface area (Å²) >= 11 is 6.34. The van der Waals surface area contributed by atoms with Crippen LogP contribution in [0.3, 0.4) is 0 Å². The van der Waals surface area contributed by atoms with Gasteiger partial charge in [-0.2, -0.15) is 13.2 Å². The molecular formula is C28H19ClF5N5O3. The highest BCUT2D eigenvalue weighted by molar-refractivity contribution is 6.31. The molecule has 4 aromatic rings. The monoisotopic (exact) mass is 603 g/mol. The van der Waals surface area contributed by atoms with Crippen LogP contribution in [0.1, 0.15) is 38.9 Å². The van der Waals surface area contributed by atoms with Crippen molar-refractivity contribution in [2.75, 3.05) is 16.8 Å². The minimum atomic E-state index is -5.24. The van der Waals surface area contributed by atoms with Crippen LogP contribution in [-0.2, 0) is 5.60 Å². The van der Waals surface area contributed by atoms with Gasteiger partial charge < -0.3 is 20.3 Å². The van der Waals surface area contributed by atoms with Crippen molar-refractivity contribution in [1.82, 2.24) is 14.9 Å². The second kappa shape index (κ2) is 9.53. The molecule has 2 aliphatic heterocycles. The van der Waals surface area contributed by atoms with E-state index in [1.54, 1.807) is 17.7 Å². The third-order valence-corrected chi connectivity index (χ3v) is 7.73. The number of hydrogen-bond acceptors (Lipinski definition) is 4. The van der Waals surface area contributed by atoms with E-state index in [9.17, 15) is 36.6 Å². The van der Waals surface area contributed by atoms with Gasteiger partial charge in [-0.25, -0.2) is 18.6 Å². The molecule has 2 atom stereocenters. The number of alkyl halides is 3. The number of anilines is 2. The molecule has 8 nitrogen and oxygen atoms in total. The molecule has 0 radical (unpaired) electrons. The van der Waals surface area contributed by atoms with E-state index in [-0.39, 0.29) is 33.1 Å². The molecule has 0 unspecified atom stereocenters. The van der Waals surface area contributed by atoms with E-state index in [4.69, 9.17) is 11.6 Å².